The minimum atomic E-state index is -0.499. The molecule has 0 radical (unpaired) electrons. The lowest BCUT2D eigenvalue weighted by Crippen LogP contribution is -2.40. The number of hydrogen-bond acceptors (Lipinski definition) is 3. The molecule has 0 spiro atoms. The lowest BCUT2D eigenvalue weighted by atomic mass is 9.91. The van der Waals surface area contributed by atoms with Crippen LogP contribution in [0.3, 0.4) is 0 Å². The molecule has 1 aromatic heterocycles. The number of likely N-dealkylation sites (tertiary alicyclic amines) is 1. The van der Waals surface area contributed by atoms with Gasteiger partial charge in [0, 0.05) is 37.0 Å². The van der Waals surface area contributed by atoms with Crippen molar-refractivity contribution in [2.24, 2.45) is 5.92 Å². The summed E-state index contributed by atoms with van der Waals surface area (Å²) in [5.74, 6) is 0.0918. The minimum absolute atomic E-state index is 0.0768. The molecule has 2 aromatic rings. The first kappa shape index (κ1) is 19.4. The van der Waals surface area contributed by atoms with Gasteiger partial charge in [-0.2, -0.15) is 0 Å². The second-order valence-electron chi connectivity index (χ2n) is 7.48. The molecule has 27 heavy (non-hydrogen) atoms. The van der Waals surface area contributed by atoms with Crippen LogP contribution in [0.25, 0.3) is 0 Å². The van der Waals surface area contributed by atoms with Gasteiger partial charge in [0.15, 0.2) is 0 Å². The van der Waals surface area contributed by atoms with Gasteiger partial charge in [0.2, 0.25) is 0 Å². The Morgan fingerprint density at radius 1 is 1.22 bits per heavy atom. The Kier molecular flexibility index (Phi) is 6.14. The Balaban J connectivity index is 1.61. The number of hydrogen-bond donors (Lipinski definition) is 0. The number of aromatic nitrogens is 2. The monoisotopic (exact) mass is 373 g/mol. The highest BCUT2D eigenvalue weighted by molar-refractivity contribution is 5.93. The van der Waals surface area contributed by atoms with Gasteiger partial charge in [0.25, 0.3) is 5.91 Å². The summed E-state index contributed by atoms with van der Waals surface area (Å²) in [6, 6.07) is 3.95. The van der Waals surface area contributed by atoms with E-state index >= 15 is 0 Å². The SMILES string of the molecule is CC(C)c1ncc(C(=O)N2CCC[C@H](CCc3c(F)cccc3F)C2)cn1. The Hall–Kier alpha value is -2.37. The lowest BCUT2D eigenvalue weighted by Gasteiger charge is -2.33. The number of piperidine rings is 1. The zero-order chi connectivity index (χ0) is 19.4. The minimum Gasteiger partial charge on any atom is -0.338 e. The van der Waals surface area contributed by atoms with Crippen LogP contribution in [0.15, 0.2) is 30.6 Å². The third-order valence-electron chi connectivity index (χ3n) is 5.11. The molecule has 1 aromatic carbocycles. The van der Waals surface area contributed by atoms with Crippen LogP contribution in [0.5, 0.6) is 0 Å². The summed E-state index contributed by atoms with van der Waals surface area (Å²) in [7, 11) is 0. The quantitative estimate of drug-likeness (QED) is 0.782. The van der Waals surface area contributed by atoms with E-state index in [2.05, 4.69) is 9.97 Å². The van der Waals surface area contributed by atoms with Crippen LogP contribution < -0.4 is 0 Å². The van der Waals surface area contributed by atoms with Crippen LogP contribution in [0, 0.1) is 17.6 Å². The molecule has 1 amide bonds. The number of amides is 1. The number of nitrogens with zero attached hydrogens (tertiary/aromatic N) is 3. The van der Waals surface area contributed by atoms with Gasteiger partial charge >= 0.3 is 0 Å². The van der Waals surface area contributed by atoms with E-state index in [1.165, 1.54) is 18.2 Å². The summed E-state index contributed by atoms with van der Waals surface area (Å²) in [5, 5.41) is 0. The van der Waals surface area contributed by atoms with Gasteiger partial charge in [-0.1, -0.05) is 19.9 Å². The third kappa shape index (κ3) is 4.67. The fraction of sp³-hybridized carbons (Fsp3) is 0.476. The summed E-state index contributed by atoms with van der Waals surface area (Å²) in [6.45, 7) is 5.30. The Morgan fingerprint density at radius 3 is 2.52 bits per heavy atom. The smallest absolute Gasteiger partial charge is 0.256 e. The summed E-state index contributed by atoms with van der Waals surface area (Å²) < 4.78 is 27.6. The number of carbonyl (C=O) groups is 1. The number of benzene rings is 1. The van der Waals surface area contributed by atoms with Crippen molar-refractivity contribution >= 4 is 5.91 Å². The largest absolute Gasteiger partial charge is 0.338 e. The first-order chi connectivity index (χ1) is 13.0. The molecule has 0 bridgehead atoms. The fourth-order valence-electron chi connectivity index (χ4n) is 3.53. The molecule has 1 aliphatic rings. The lowest BCUT2D eigenvalue weighted by molar-refractivity contribution is 0.0667. The highest BCUT2D eigenvalue weighted by Crippen LogP contribution is 2.24. The van der Waals surface area contributed by atoms with E-state index in [-0.39, 0.29) is 23.3 Å². The molecule has 1 fully saturated rings. The first-order valence-electron chi connectivity index (χ1n) is 9.49. The van der Waals surface area contributed by atoms with Gasteiger partial charge in [-0.05, 0) is 43.7 Å². The van der Waals surface area contributed by atoms with E-state index in [0.717, 1.165) is 18.7 Å². The van der Waals surface area contributed by atoms with E-state index in [9.17, 15) is 13.6 Å². The normalized spacial score (nSPS) is 17.4. The van der Waals surface area contributed by atoms with Crippen LogP contribution in [0.4, 0.5) is 8.78 Å². The summed E-state index contributed by atoms with van der Waals surface area (Å²) in [5.41, 5.74) is 0.624. The molecular weight excluding hydrogens is 348 g/mol. The van der Waals surface area contributed by atoms with Crippen molar-refractivity contribution in [2.45, 2.75) is 45.4 Å². The molecule has 0 N–H and O–H groups in total. The summed E-state index contributed by atoms with van der Waals surface area (Å²) in [6.07, 6.45) is 6.03. The predicted octanol–water partition coefficient (Wildman–Crippen LogP) is 4.36. The molecule has 144 valence electrons. The number of halogens is 2. The van der Waals surface area contributed by atoms with Crippen molar-refractivity contribution in [3.63, 3.8) is 0 Å². The fourth-order valence-corrected chi connectivity index (χ4v) is 3.53. The third-order valence-corrected chi connectivity index (χ3v) is 5.11. The van der Waals surface area contributed by atoms with E-state index in [1.807, 2.05) is 13.8 Å². The van der Waals surface area contributed by atoms with Crippen molar-refractivity contribution in [2.75, 3.05) is 13.1 Å². The zero-order valence-corrected chi connectivity index (χ0v) is 15.8. The molecule has 1 saturated heterocycles. The molecule has 0 aliphatic carbocycles. The zero-order valence-electron chi connectivity index (χ0n) is 15.8. The Morgan fingerprint density at radius 2 is 1.89 bits per heavy atom. The number of rotatable bonds is 5. The summed E-state index contributed by atoms with van der Waals surface area (Å²) in [4.78, 5) is 23.1. The van der Waals surface area contributed by atoms with E-state index < -0.39 is 11.6 Å². The van der Waals surface area contributed by atoms with Gasteiger partial charge < -0.3 is 4.90 Å². The molecule has 3 rings (SSSR count). The van der Waals surface area contributed by atoms with Gasteiger partial charge in [-0.15, -0.1) is 0 Å². The maximum Gasteiger partial charge on any atom is 0.256 e. The average molecular weight is 373 g/mol. The van der Waals surface area contributed by atoms with Crippen LogP contribution in [-0.4, -0.2) is 33.9 Å². The molecule has 0 saturated carbocycles. The molecule has 2 heterocycles. The van der Waals surface area contributed by atoms with Crippen LogP contribution in [-0.2, 0) is 6.42 Å². The predicted molar refractivity (Wildman–Crippen MR) is 99.4 cm³/mol. The molecule has 0 unspecified atom stereocenters. The first-order valence-corrected chi connectivity index (χ1v) is 9.49. The van der Waals surface area contributed by atoms with Crippen molar-refractivity contribution in [1.29, 1.82) is 0 Å². The van der Waals surface area contributed by atoms with Gasteiger partial charge in [-0.3, -0.25) is 4.79 Å². The Labute approximate surface area is 158 Å². The highest BCUT2D eigenvalue weighted by Gasteiger charge is 2.25. The second kappa shape index (κ2) is 8.55. The van der Waals surface area contributed by atoms with Crippen molar-refractivity contribution < 1.29 is 13.6 Å². The molecular formula is C21H25F2N3O. The Bertz CT molecular complexity index is 772. The highest BCUT2D eigenvalue weighted by atomic mass is 19.1. The molecule has 1 aliphatic heterocycles. The van der Waals surface area contributed by atoms with Gasteiger partial charge in [0.1, 0.15) is 17.5 Å². The number of carbonyl (C=O) groups excluding carboxylic acids is 1. The summed E-state index contributed by atoms with van der Waals surface area (Å²) >= 11 is 0. The van der Waals surface area contributed by atoms with Crippen LogP contribution >= 0.6 is 0 Å². The van der Waals surface area contributed by atoms with Crippen molar-refractivity contribution in [1.82, 2.24) is 14.9 Å². The van der Waals surface area contributed by atoms with E-state index in [4.69, 9.17) is 0 Å². The van der Waals surface area contributed by atoms with Crippen molar-refractivity contribution in [3.8, 4) is 0 Å². The van der Waals surface area contributed by atoms with Gasteiger partial charge in [0.05, 0.1) is 5.56 Å². The topological polar surface area (TPSA) is 46.1 Å². The van der Waals surface area contributed by atoms with Gasteiger partial charge in [-0.25, -0.2) is 18.7 Å². The molecule has 1 atom stereocenters. The van der Waals surface area contributed by atoms with E-state index in [0.29, 0.717) is 31.5 Å². The second-order valence-corrected chi connectivity index (χ2v) is 7.48. The van der Waals surface area contributed by atoms with Crippen molar-refractivity contribution in [3.05, 3.63) is 59.2 Å². The van der Waals surface area contributed by atoms with E-state index in [1.54, 1.807) is 17.3 Å². The maximum absolute atomic E-state index is 13.8. The standard InChI is InChI=1S/C21H25F2N3O/c1-14(2)20-24-11-16(12-25-20)21(27)26-10-4-5-15(13-26)8-9-17-18(22)6-3-7-19(17)23/h3,6-7,11-12,14-15H,4-5,8-10,13H2,1-2H3/t15-/m1/s1. The maximum atomic E-state index is 13.8. The molecule has 6 heteroatoms. The average Bonchev–Trinajstić information content (AvgIpc) is 2.67. The molecule has 4 nitrogen and oxygen atoms in total. The van der Waals surface area contributed by atoms with Crippen LogP contribution in [0.1, 0.15) is 60.8 Å². The van der Waals surface area contributed by atoms with Crippen LogP contribution in [0.2, 0.25) is 0 Å².